The minimum absolute atomic E-state index is 0. The highest BCUT2D eigenvalue weighted by atomic mass is 16.7. The van der Waals surface area contributed by atoms with Gasteiger partial charge >= 0.3 is 5.97 Å². The van der Waals surface area contributed by atoms with Crippen LogP contribution in [0.1, 0.15) is 106 Å². The summed E-state index contributed by atoms with van der Waals surface area (Å²) in [6, 6.07) is 0. The van der Waals surface area contributed by atoms with Crippen LogP contribution in [0, 0.1) is 51.2 Å². The molecule has 8 heteroatoms. The lowest BCUT2D eigenvalue weighted by molar-refractivity contribution is -0.244. The van der Waals surface area contributed by atoms with Crippen molar-refractivity contribution in [3.05, 3.63) is 0 Å². The number of morpholine rings is 1. The van der Waals surface area contributed by atoms with Crippen LogP contribution in [-0.2, 0) is 23.8 Å². The molecule has 0 radical (unpaired) electrons. The first-order valence-electron chi connectivity index (χ1n) is 18.6. The largest absolute Gasteiger partial charge is 0.480 e. The molecule has 8 aliphatic rings. The molecular formula is C37H60N2O6. The predicted octanol–water partition coefficient (Wildman–Crippen LogP) is 5.83. The topological polar surface area (TPSA) is 88.5 Å². The van der Waals surface area contributed by atoms with Gasteiger partial charge in [-0.1, -0.05) is 20.8 Å². The number of rotatable bonds is 8. The maximum absolute atomic E-state index is 12.8. The summed E-state index contributed by atoms with van der Waals surface area (Å²) in [4.78, 5) is 28.0. The summed E-state index contributed by atoms with van der Waals surface area (Å²) in [5, 5.41) is 9.22. The van der Waals surface area contributed by atoms with Gasteiger partial charge < -0.3 is 24.2 Å². The number of likely N-dealkylation sites (N-methyl/N-ethyl adjacent to an activating group) is 1. The zero-order valence-electron chi connectivity index (χ0n) is 28.3. The van der Waals surface area contributed by atoms with Gasteiger partial charge in [0.25, 0.3) is 0 Å². The van der Waals surface area contributed by atoms with Crippen LogP contribution < -0.4 is 0 Å². The van der Waals surface area contributed by atoms with Gasteiger partial charge in [0.05, 0.1) is 38.0 Å². The molecule has 1 N–H and O–H groups in total. The molecule has 8 rings (SSSR count). The Morgan fingerprint density at radius 1 is 0.978 bits per heavy atom. The second-order valence-corrected chi connectivity index (χ2v) is 17.9. The van der Waals surface area contributed by atoms with Crippen molar-refractivity contribution in [2.75, 3.05) is 39.8 Å². The van der Waals surface area contributed by atoms with E-state index in [1.54, 1.807) is 0 Å². The molecule has 1 amide bonds. The SMILES string of the molecule is CN(CC(=O)O)CC1CCC2C(CC3C4CCC5C(C)(C)[C@@H](OC6CN(C(=O)CC7CC7)CCO6)CCC56C[C@@]46CCC23C)O1.[HH]. The summed E-state index contributed by atoms with van der Waals surface area (Å²) in [6.07, 6.45) is 16.2. The summed E-state index contributed by atoms with van der Waals surface area (Å²) in [6.45, 7) is 10.3. The fraction of sp³-hybridized carbons (Fsp3) is 0.946. The lowest BCUT2D eigenvalue weighted by Gasteiger charge is -2.60. The molecule has 45 heavy (non-hydrogen) atoms. The molecule has 2 spiro atoms. The summed E-state index contributed by atoms with van der Waals surface area (Å²) >= 11 is 0. The zero-order chi connectivity index (χ0) is 31.4. The number of hydrogen-bond acceptors (Lipinski definition) is 6. The molecule has 2 aliphatic heterocycles. The molecule has 6 saturated carbocycles. The van der Waals surface area contributed by atoms with Gasteiger partial charge in [0, 0.05) is 20.9 Å². The number of carboxylic acids is 1. The molecule has 0 aromatic carbocycles. The van der Waals surface area contributed by atoms with Gasteiger partial charge in [-0.15, -0.1) is 0 Å². The number of carbonyl (C=O) groups is 2. The summed E-state index contributed by atoms with van der Waals surface area (Å²) < 4.78 is 19.8. The Kier molecular flexibility index (Phi) is 7.52. The van der Waals surface area contributed by atoms with Gasteiger partial charge in [-0.25, -0.2) is 0 Å². The summed E-state index contributed by atoms with van der Waals surface area (Å²) in [5.74, 6) is 3.05. The Morgan fingerprint density at radius 2 is 1.78 bits per heavy atom. The summed E-state index contributed by atoms with van der Waals surface area (Å²) in [5.41, 5.74) is 1.45. The van der Waals surface area contributed by atoms with E-state index in [1.807, 2.05) is 16.8 Å². The molecule has 2 heterocycles. The second-order valence-electron chi connectivity index (χ2n) is 17.9. The third-order valence-electron chi connectivity index (χ3n) is 15.4. The Morgan fingerprint density at radius 3 is 2.56 bits per heavy atom. The van der Waals surface area contributed by atoms with E-state index < -0.39 is 5.97 Å². The first-order chi connectivity index (χ1) is 21.4. The molecular weight excluding hydrogens is 568 g/mol. The fourth-order valence-corrected chi connectivity index (χ4v) is 13.1. The zero-order valence-corrected chi connectivity index (χ0v) is 28.3. The number of carbonyl (C=O) groups excluding carboxylic acids is 1. The molecule has 2 saturated heterocycles. The number of carboxylic acid groups (broad SMARTS) is 1. The van der Waals surface area contributed by atoms with Crippen LogP contribution in [0.5, 0.6) is 0 Å². The lowest BCUT2D eigenvalue weighted by atomic mass is 9.46. The van der Waals surface area contributed by atoms with E-state index >= 15 is 0 Å². The Bertz CT molecular complexity index is 1200. The van der Waals surface area contributed by atoms with Crippen LogP contribution in [0.3, 0.4) is 0 Å². The molecule has 11 atom stereocenters. The van der Waals surface area contributed by atoms with E-state index in [9.17, 15) is 14.7 Å². The van der Waals surface area contributed by atoms with Crippen molar-refractivity contribution in [3.63, 3.8) is 0 Å². The predicted molar refractivity (Wildman–Crippen MR) is 171 cm³/mol. The molecule has 254 valence electrons. The fourth-order valence-electron chi connectivity index (χ4n) is 13.1. The second kappa shape index (κ2) is 10.9. The van der Waals surface area contributed by atoms with Crippen molar-refractivity contribution in [2.45, 2.75) is 129 Å². The Balaban J connectivity index is 0.00000338. The van der Waals surface area contributed by atoms with Gasteiger partial charge in [0.15, 0.2) is 6.29 Å². The molecule has 8 fully saturated rings. The highest BCUT2D eigenvalue weighted by Gasteiger charge is 2.80. The van der Waals surface area contributed by atoms with Crippen molar-refractivity contribution in [1.29, 1.82) is 0 Å². The quantitative estimate of drug-likeness (QED) is 0.362. The van der Waals surface area contributed by atoms with Crippen LogP contribution >= 0.6 is 0 Å². The highest BCUT2D eigenvalue weighted by Crippen LogP contribution is 2.87. The van der Waals surface area contributed by atoms with Crippen LogP contribution in [0.15, 0.2) is 0 Å². The molecule has 8 nitrogen and oxygen atoms in total. The Hall–Kier alpha value is -1.22. The average molecular weight is 629 g/mol. The first-order valence-corrected chi connectivity index (χ1v) is 18.6. The van der Waals surface area contributed by atoms with E-state index in [0.29, 0.717) is 72.8 Å². The molecule has 6 aliphatic carbocycles. The monoisotopic (exact) mass is 628 g/mol. The third kappa shape index (κ3) is 4.96. The van der Waals surface area contributed by atoms with Crippen LogP contribution in [0.2, 0.25) is 0 Å². The van der Waals surface area contributed by atoms with E-state index in [1.165, 1.54) is 64.2 Å². The van der Waals surface area contributed by atoms with Crippen molar-refractivity contribution in [2.24, 2.45) is 51.2 Å². The molecule has 0 aromatic rings. The first kappa shape index (κ1) is 31.1. The number of ether oxygens (including phenoxy) is 3. The molecule has 0 aromatic heterocycles. The van der Waals surface area contributed by atoms with E-state index in [0.717, 1.165) is 24.7 Å². The third-order valence-corrected chi connectivity index (χ3v) is 15.4. The minimum atomic E-state index is -0.766. The number of amides is 1. The highest BCUT2D eigenvalue weighted by molar-refractivity contribution is 5.76. The smallest absolute Gasteiger partial charge is 0.317 e. The van der Waals surface area contributed by atoms with Crippen molar-refractivity contribution in [1.82, 2.24) is 9.80 Å². The van der Waals surface area contributed by atoms with E-state index in [2.05, 4.69) is 20.8 Å². The van der Waals surface area contributed by atoms with Crippen LogP contribution in [0.4, 0.5) is 0 Å². The lowest BCUT2D eigenvalue weighted by Crippen LogP contribution is -2.56. The van der Waals surface area contributed by atoms with Gasteiger partial charge in [-0.05, 0) is 135 Å². The van der Waals surface area contributed by atoms with Crippen LogP contribution in [0.25, 0.3) is 0 Å². The Labute approximate surface area is 271 Å². The van der Waals surface area contributed by atoms with Gasteiger partial charge in [0.1, 0.15) is 0 Å². The van der Waals surface area contributed by atoms with Crippen LogP contribution in [-0.4, -0.2) is 91.2 Å². The summed E-state index contributed by atoms with van der Waals surface area (Å²) in [7, 11) is 1.91. The molecule has 0 bridgehead atoms. The standard InChI is InChI=1S/C37H58N2O6.H2/c1-34(2)29-10-9-25-27-18-28-26(8-7-24(44-28)19-38(4)20-32(41)42)35(27,3)13-14-36(25)22-37(29,36)12-11-30(34)45-33-21-39(15-16-43-33)31(40)17-23-5-6-23;/h23-30,33H,5-22H2,1-4H3,(H,41,42);1H/t24?,25?,26?,27?,28?,29?,30-,33?,35?,36-,37?;/m0./s1. The number of nitrogens with zero attached hydrogens (tertiary/aromatic N) is 2. The van der Waals surface area contributed by atoms with Gasteiger partial charge in [-0.3, -0.25) is 14.5 Å². The van der Waals surface area contributed by atoms with Crippen molar-refractivity contribution in [3.8, 4) is 0 Å². The normalized spacial score (nSPS) is 48.1. The minimum Gasteiger partial charge on any atom is -0.480 e. The maximum atomic E-state index is 12.8. The number of aliphatic carboxylic acids is 1. The van der Waals surface area contributed by atoms with Gasteiger partial charge in [0.2, 0.25) is 5.91 Å². The number of hydrogen-bond donors (Lipinski definition) is 1. The maximum Gasteiger partial charge on any atom is 0.317 e. The molecule has 9 unspecified atom stereocenters. The van der Waals surface area contributed by atoms with Gasteiger partial charge in [-0.2, -0.15) is 0 Å². The van der Waals surface area contributed by atoms with E-state index in [4.69, 9.17) is 14.2 Å². The van der Waals surface area contributed by atoms with Crippen molar-refractivity contribution < 1.29 is 30.3 Å². The van der Waals surface area contributed by atoms with Crippen molar-refractivity contribution >= 4 is 11.9 Å². The number of fused-ring (bicyclic) bond motifs is 4. The average Bonchev–Trinajstić information content (AvgIpc) is 3.89. The van der Waals surface area contributed by atoms with E-state index in [-0.39, 0.29) is 37.8 Å².